The largest absolute Gasteiger partial charge is 0.496 e. The van der Waals surface area contributed by atoms with E-state index in [1.165, 1.54) is 33.0 Å². The molecule has 0 unspecified atom stereocenters. The smallest absolute Gasteiger partial charge is 0.130 e. The highest BCUT2D eigenvalue weighted by Gasteiger charge is 2.11. The van der Waals surface area contributed by atoms with Crippen LogP contribution in [-0.4, -0.2) is 7.11 Å². The Morgan fingerprint density at radius 3 is 2.50 bits per heavy atom. The van der Waals surface area contributed by atoms with Crippen molar-refractivity contribution in [3.63, 3.8) is 0 Å². The van der Waals surface area contributed by atoms with Crippen LogP contribution in [0, 0.1) is 0 Å². The van der Waals surface area contributed by atoms with Gasteiger partial charge in [-0.15, -0.1) is 0 Å². The SMILES string of the molecule is COc1c(Cc2ccccc2-c2ccsc2)ccc2ccccc12. The first-order valence-corrected chi connectivity index (χ1v) is 8.96. The zero-order valence-corrected chi connectivity index (χ0v) is 14.3. The third kappa shape index (κ3) is 2.70. The predicted octanol–water partition coefficient (Wildman–Crippen LogP) is 6.17. The van der Waals surface area contributed by atoms with E-state index in [9.17, 15) is 0 Å². The molecule has 24 heavy (non-hydrogen) atoms. The summed E-state index contributed by atoms with van der Waals surface area (Å²) in [5, 5.41) is 6.72. The highest BCUT2D eigenvalue weighted by atomic mass is 32.1. The minimum Gasteiger partial charge on any atom is -0.496 e. The van der Waals surface area contributed by atoms with E-state index in [1.807, 2.05) is 0 Å². The van der Waals surface area contributed by atoms with Crippen LogP contribution in [0.3, 0.4) is 0 Å². The second kappa shape index (κ2) is 6.50. The molecule has 2 heteroatoms. The highest BCUT2D eigenvalue weighted by Crippen LogP contribution is 2.34. The summed E-state index contributed by atoms with van der Waals surface area (Å²) in [4.78, 5) is 0. The average molecular weight is 330 g/mol. The quantitative estimate of drug-likeness (QED) is 0.435. The predicted molar refractivity (Wildman–Crippen MR) is 103 cm³/mol. The zero-order chi connectivity index (χ0) is 16.4. The molecule has 0 saturated carbocycles. The van der Waals surface area contributed by atoms with Gasteiger partial charge in [-0.25, -0.2) is 0 Å². The van der Waals surface area contributed by atoms with Gasteiger partial charge in [0.1, 0.15) is 5.75 Å². The van der Waals surface area contributed by atoms with Crippen LogP contribution >= 0.6 is 11.3 Å². The maximum absolute atomic E-state index is 5.76. The molecule has 3 aromatic carbocycles. The monoisotopic (exact) mass is 330 g/mol. The van der Waals surface area contributed by atoms with Crippen LogP contribution in [0.2, 0.25) is 0 Å². The van der Waals surface area contributed by atoms with E-state index in [0.29, 0.717) is 0 Å². The van der Waals surface area contributed by atoms with Crippen LogP contribution in [0.25, 0.3) is 21.9 Å². The van der Waals surface area contributed by atoms with Gasteiger partial charge in [0.15, 0.2) is 0 Å². The maximum Gasteiger partial charge on any atom is 0.130 e. The molecule has 4 aromatic rings. The Morgan fingerprint density at radius 2 is 1.67 bits per heavy atom. The van der Waals surface area contributed by atoms with Gasteiger partial charge in [-0.1, -0.05) is 60.7 Å². The van der Waals surface area contributed by atoms with Gasteiger partial charge in [-0.3, -0.25) is 0 Å². The summed E-state index contributed by atoms with van der Waals surface area (Å²) in [7, 11) is 1.76. The van der Waals surface area contributed by atoms with E-state index in [-0.39, 0.29) is 0 Å². The number of benzene rings is 3. The van der Waals surface area contributed by atoms with Crippen molar-refractivity contribution in [2.45, 2.75) is 6.42 Å². The molecule has 1 nitrogen and oxygen atoms in total. The summed E-state index contributed by atoms with van der Waals surface area (Å²) in [6.45, 7) is 0. The summed E-state index contributed by atoms with van der Waals surface area (Å²) in [5.74, 6) is 0.980. The third-order valence-electron chi connectivity index (χ3n) is 4.40. The fourth-order valence-electron chi connectivity index (χ4n) is 3.25. The molecule has 1 aromatic heterocycles. The normalized spacial score (nSPS) is 10.9. The van der Waals surface area contributed by atoms with E-state index in [4.69, 9.17) is 4.74 Å². The first-order valence-electron chi connectivity index (χ1n) is 8.02. The zero-order valence-electron chi connectivity index (χ0n) is 13.5. The maximum atomic E-state index is 5.76. The molecule has 0 radical (unpaired) electrons. The molecule has 118 valence electrons. The molecule has 0 saturated heterocycles. The van der Waals surface area contributed by atoms with Gasteiger partial charge < -0.3 is 4.74 Å². The number of hydrogen-bond acceptors (Lipinski definition) is 2. The Balaban J connectivity index is 1.81. The third-order valence-corrected chi connectivity index (χ3v) is 5.08. The number of rotatable bonds is 4. The van der Waals surface area contributed by atoms with E-state index in [2.05, 4.69) is 77.5 Å². The lowest BCUT2D eigenvalue weighted by molar-refractivity contribution is 0.415. The number of methoxy groups -OCH3 is 1. The summed E-state index contributed by atoms with van der Waals surface area (Å²) < 4.78 is 5.76. The van der Waals surface area contributed by atoms with Crippen LogP contribution < -0.4 is 4.74 Å². The molecule has 0 bridgehead atoms. The molecule has 0 aliphatic heterocycles. The topological polar surface area (TPSA) is 9.23 Å². The van der Waals surface area contributed by atoms with Crippen molar-refractivity contribution in [3.05, 3.63) is 88.6 Å². The molecule has 1 heterocycles. The van der Waals surface area contributed by atoms with Crippen molar-refractivity contribution in [3.8, 4) is 16.9 Å². The lowest BCUT2D eigenvalue weighted by Crippen LogP contribution is -1.96. The summed E-state index contributed by atoms with van der Waals surface area (Å²) in [6.07, 6.45) is 0.861. The lowest BCUT2D eigenvalue weighted by Gasteiger charge is -2.14. The fraction of sp³-hybridized carbons (Fsp3) is 0.0909. The number of thiophene rings is 1. The van der Waals surface area contributed by atoms with Crippen LogP contribution in [0.15, 0.2) is 77.5 Å². The second-order valence-corrected chi connectivity index (χ2v) is 6.61. The minimum absolute atomic E-state index is 0.861. The van der Waals surface area contributed by atoms with Gasteiger partial charge >= 0.3 is 0 Å². The highest BCUT2D eigenvalue weighted by molar-refractivity contribution is 7.08. The van der Waals surface area contributed by atoms with Gasteiger partial charge in [0.05, 0.1) is 7.11 Å². The fourth-order valence-corrected chi connectivity index (χ4v) is 3.90. The van der Waals surface area contributed by atoms with Crippen LogP contribution in [-0.2, 0) is 6.42 Å². The number of fused-ring (bicyclic) bond motifs is 1. The van der Waals surface area contributed by atoms with Crippen molar-refractivity contribution in [2.24, 2.45) is 0 Å². The summed E-state index contributed by atoms with van der Waals surface area (Å²) in [5.41, 5.74) is 5.13. The molecule has 4 rings (SSSR count). The molecule has 0 amide bonds. The Hall–Kier alpha value is -2.58. The summed E-state index contributed by atoms with van der Waals surface area (Å²) >= 11 is 1.73. The van der Waals surface area contributed by atoms with Crippen LogP contribution in [0.1, 0.15) is 11.1 Å². The molecule has 0 N–H and O–H groups in total. The van der Waals surface area contributed by atoms with Gasteiger partial charge in [-0.05, 0) is 44.5 Å². The van der Waals surface area contributed by atoms with Gasteiger partial charge in [0.25, 0.3) is 0 Å². The molecular weight excluding hydrogens is 312 g/mol. The summed E-state index contributed by atoms with van der Waals surface area (Å²) in [6, 6.07) is 23.6. The van der Waals surface area contributed by atoms with Crippen molar-refractivity contribution >= 4 is 22.1 Å². The van der Waals surface area contributed by atoms with Gasteiger partial charge in [-0.2, -0.15) is 11.3 Å². The minimum atomic E-state index is 0.861. The Morgan fingerprint density at radius 1 is 0.833 bits per heavy atom. The van der Waals surface area contributed by atoms with Crippen molar-refractivity contribution in [2.75, 3.05) is 7.11 Å². The van der Waals surface area contributed by atoms with Crippen molar-refractivity contribution in [1.29, 1.82) is 0 Å². The molecule has 0 aliphatic carbocycles. The van der Waals surface area contributed by atoms with Gasteiger partial charge in [0.2, 0.25) is 0 Å². The number of hydrogen-bond donors (Lipinski definition) is 0. The molecule has 0 fully saturated rings. The number of ether oxygens (including phenoxy) is 1. The molecule has 0 aliphatic rings. The van der Waals surface area contributed by atoms with Crippen LogP contribution in [0.4, 0.5) is 0 Å². The van der Waals surface area contributed by atoms with Crippen molar-refractivity contribution in [1.82, 2.24) is 0 Å². The Kier molecular flexibility index (Phi) is 4.06. The first-order chi connectivity index (χ1) is 11.9. The second-order valence-electron chi connectivity index (χ2n) is 5.83. The lowest BCUT2D eigenvalue weighted by atomic mass is 9.94. The molecule has 0 atom stereocenters. The standard InChI is InChI=1S/C22H18OS/c1-23-22-18(11-10-16-6-2-5-9-21(16)22)14-17-7-3-4-8-20(17)19-12-13-24-15-19/h2-13,15H,14H2,1H3. The van der Waals surface area contributed by atoms with Gasteiger partial charge in [0, 0.05) is 11.8 Å². The Labute approximate surface area is 146 Å². The van der Waals surface area contributed by atoms with E-state index in [1.54, 1.807) is 18.4 Å². The van der Waals surface area contributed by atoms with E-state index in [0.717, 1.165) is 12.2 Å². The van der Waals surface area contributed by atoms with Crippen LogP contribution in [0.5, 0.6) is 5.75 Å². The van der Waals surface area contributed by atoms with E-state index < -0.39 is 0 Å². The average Bonchev–Trinajstić information content (AvgIpc) is 3.16. The first kappa shape index (κ1) is 15.0. The van der Waals surface area contributed by atoms with Crippen molar-refractivity contribution < 1.29 is 4.74 Å². The molecular formula is C22H18OS. The van der Waals surface area contributed by atoms with E-state index >= 15 is 0 Å². The molecule has 0 spiro atoms. The Bertz CT molecular complexity index is 970.